The first-order valence-corrected chi connectivity index (χ1v) is 9.85. The Kier molecular flexibility index (Phi) is 5.02. The van der Waals surface area contributed by atoms with E-state index in [-0.39, 0.29) is 22.0 Å². The van der Waals surface area contributed by atoms with Crippen molar-refractivity contribution in [1.29, 1.82) is 0 Å². The van der Waals surface area contributed by atoms with Crippen LogP contribution in [-0.4, -0.2) is 28.0 Å². The van der Waals surface area contributed by atoms with Gasteiger partial charge in [0.1, 0.15) is 10.6 Å². The molecule has 1 amide bonds. The number of nitrogens with one attached hydrogen (secondary N) is 2. The zero-order valence-corrected chi connectivity index (χ0v) is 15.6. The number of rotatable bonds is 7. The average Bonchev–Trinajstić information content (AvgIpc) is 3.42. The summed E-state index contributed by atoms with van der Waals surface area (Å²) in [6, 6.07) is 14.5. The summed E-state index contributed by atoms with van der Waals surface area (Å²) in [6.45, 7) is 1.69. The molecule has 1 aliphatic carbocycles. The van der Waals surface area contributed by atoms with E-state index in [0.29, 0.717) is 12.2 Å². The summed E-state index contributed by atoms with van der Waals surface area (Å²) < 4.78 is 33.6. The van der Waals surface area contributed by atoms with E-state index in [0.717, 1.165) is 18.4 Å². The van der Waals surface area contributed by atoms with Gasteiger partial charge in [-0.25, -0.2) is 13.1 Å². The van der Waals surface area contributed by atoms with Gasteiger partial charge in [0.05, 0.1) is 7.11 Å². The van der Waals surface area contributed by atoms with E-state index < -0.39 is 10.0 Å². The quantitative estimate of drug-likeness (QED) is 0.780. The predicted octanol–water partition coefficient (Wildman–Crippen LogP) is 2.66. The zero-order valence-electron chi connectivity index (χ0n) is 14.8. The molecule has 0 heterocycles. The molecule has 1 saturated carbocycles. The number of carbonyl (C=O) groups excluding carboxylic acids is 1. The standard InChI is InChI=1S/C19H22N2O4S/c1-14(22)21-16-8-9-17(25-2)18(12-16)26(23,24)20-13-19(10-11-19)15-6-4-3-5-7-15/h3-9,12,20H,10-11,13H2,1-2H3,(H,21,22). The lowest BCUT2D eigenvalue weighted by molar-refractivity contribution is -0.114. The van der Waals surface area contributed by atoms with Gasteiger partial charge in [0.25, 0.3) is 0 Å². The monoisotopic (exact) mass is 374 g/mol. The summed E-state index contributed by atoms with van der Waals surface area (Å²) in [5.74, 6) is -0.0383. The first-order chi connectivity index (χ1) is 12.4. The van der Waals surface area contributed by atoms with Crippen molar-refractivity contribution in [1.82, 2.24) is 4.72 Å². The molecular weight excluding hydrogens is 352 g/mol. The van der Waals surface area contributed by atoms with Gasteiger partial charge in [-0.1, -0.05) is 30.3 Å². The van der Waals surface area contributed by atoms with Crippen LogP contribution in [0.15, 0.2) is 53.4 Å². The van der Waals surface area contributed by atoms with Crippen LogP contribution in [0.1, 0.15) is 25.3 Å². The number of anilines is 1. The maximum Gasteiger partial charge on any atom is 0.244 e. The molecule has 2 aromatic carbocycles. The van der Waals surface area contributed by atoms with Crippen LogP contribution in [-0.2, 0) is 20.2 Å². The number of ether oxygens (including phenoxy) is 1. The van der Waals surface area contributed by atoms with Gasteiger partial charge in [0.15, 0.2) is 0 Å². The highest BCUT2D eigenvalue weighted by atomic mass is 32.2. The molecule has 3 rings (SSSR count). The smallest absolute Gasteiger partial charge is 0.244 e. The van der Waals surface area contributed by atoms with Gasteiger partial charge in [-0.3, -0.25) is 4.79 Å². The average molecular weight is 374 g/mol. The molecule has 7 heteroatoms. The van der Waals surface area contributed by atoms with Crippen LogP contribution in [0.5, 0.6) is 5.75 Å². The van der Waals surface area contributed by atoms with E-state index >= 15 is 0 Å². The third-order valence-electron chi connectivity index (χ3n) is 4.61. The van der Waals surface area contributed by atoms with E-state index in [1.54, 1.807) is 6.07 Å². The fraction of sp³-hybridized carbons (Fsp3) is 0.316. The summed E-state index contributed by atoms with van der Waals surface area (Å²) in [7, 11) is -2.37. The third-order valence-corrected chi connectivity index (χ3v) is 6.04. The van der Waals surface area contributed by atoms with E-state index in [4.69, 9.17) is 4.74 Å². The minimum absolute atomic E-state index is 0.00936. The molecule has 0 spiro atoms. The van der Waals surface area contributed by atoms with Crippen molar-refractivity contribution >= 4 is 21.6 Å². The molecule has 0 radical (unpaired) electrons. The highest BCUT2D eigenvalue weighted by molar-refractivity contribution is 7.89. The van der Waals surface area contributed by atoms with Gasteiger partial charge in [-0.05, 0) is 36.6 Å². The first kappa shape index (κ1) is 18.4. The number of hydrogen-bond acceptors (Lipinski definition) is 4. The van der Waals surface area contributed by atoms with E-state index in [9.17, 15) is 13.2 Å². The Labute approximate surface area is 153 Å². The topological polar surface area (TPSA) is 84.5 Å². The molecule has 0 unspecified atom stereocenters. The van der Waals surface area contributed by atoms with Gasteiger partial charge < -0.3 is 10.1 Å². The Balaban J connectivity index is 1.83. The molecule has 2 N–H and O–H groups in total. The van der Waals surface area contributed by atoms with Crippen molar-refractivity contribution in [3.8, 4) is 5.75 Å². The van der Waals surface area contributed by atoms with E-state index in [2.05, 4.69) is 10.0 Å². The van der Waals surface area contributed by atoms with Crippen LogP contribution in [0.3, 0.4) is 0 Å². The SMILES string of the molecule is COc1ccc(NC(C)=O)cc1S(=O)(=O)NCC1(c2ccccc2)CC1. The number of sulfonamides is 1. The molecule has 0 saturated heterocycles. The molecule has 2 aromatic rings. The van der Waals surface area contributed by atoms with Gasteiger partial charge >= 0.3 is 0 Å². The zero-order chi connectivity index (χ0) is 18.8. The van der Waals surface area contributed by atoms with Crippen LogP contribution < -0.4 is 14.8 Å². The highest BCUT2D eigenvalue weighted by Gasteiger charge is 2.44. The fourth-order valence-corrected chi connectivity index (χ4v) is 4.31. The Morgan fingerprint density at radius 1 is 1.15 bits per heavy atom. The Bertz CT molecular complexity index is 906. The highest BCUT2D eigenvalue weighted by Crippen LogP contribution is 2.47. The molecule has 0 bridgehead atoms. The number of hydrogen-bond donors (Lipinski definition) is 2. The lowest BCUT2D eigenvalue weighted by Crippen LogP contribution is -2.32. The summed E-state index contributed by atoms with van der Waals surface area (Å²) >= 11 is 0. The number of carbonyl (C=O) groups is 1. The number of methoxy groups -OCH3 is 1. The van der Waals surface area contributed by atoms with Crippen molar-refractivity contribution in [2.75, 3.05) is 19.0 Å². The van der Waals surface area contributed by atoms with E-state index in [1.807, 2.05) is 30.3 Å². The maximum atomic E-state index is 12.9. The molecule has 6 nitrogen and oxygen atoms in total. The molecule has 26 heavy (non-hydrogen) atoms. The van der Waals surface area contributed by atoms with Gasteiger partial charge in [-0.15, -0.1) is 0 Å². The molecular formula is C19H22N2O4S. The summed E-state index contributed by atoms with van der Waals surface area (Å²) in [6.07, 6.45) is 1.89. The minimum atomic E-state index is -3.79. The lowest BCUT2D eigenvalue weighted by Gasteiger charge is -2.18. The summed E-state index contributed by atoms with van der Waals surface area (Å²) in [4.78, 5) is 11.3. The second-order valence-electron chi connectivity index (χ2n) is 6.52. The second-order valence-corrected chi connectivity index (χ2v) is 8.25. The third kappa shape index (κ3) is 3.89. The Morgan fingerprint density at radius 3 is 2.42 bits per heavy atom. The summed E-state index contributed by atoms with van der Waals surface area (Å²) in [5.41, 5.74) is 1.40. The molecule has 0 atom stereocenters. The maximum absolute atomic E-state index is 12.9. The van der Waals surface area contributed by atoms with Gasteiger partial charge in [0, 0.05) is 24.6 Å². The van der Waals surface area contributed by atoms with Crippen molar-refractivity contribution in [2.45, 2.75) is 30.1 Å². The largest absolute Gasteiger partial charge is 0.495 e. The fourth-order valence-electron chi connectivity index (χ4n) is 2.99. The van der Waals surface area contributed by atoms with Crippen LogP contribution in [0.2, 0.25) is 0 Å². The predicted molar refractivity (Wildman–Crippen MR) is 99.8 cm³/mol. The van der Waals surface area contributed by atoms with Crippen LogP contribution in [0.25, 0.3) is 0 Å². The first-order valence-electron chi connectivity index (χ1n) is 8.37. The van der Waals surface area contributed by atoms with Crippen LogP contribution in [0, 0.1) is 0 Å². The molecule has 1 aliphatic rings. The van der Waals surface area contributed by atoms with Crippen molar-refractivity contribution in [2.24, 2.45) is 0 Å². The van der Waals surface area contributed by atoms with Gasteiger partial charge in [0.2, 0.25) is 15.9 Å². The normalized spacial score (nSPS) is 15.3. The molecule has 138 valence electrons. The second kappa shape index (κ2) is 7.09. The van der Waals surface area contributed by atoms with Crippen LogP contribution in [0.4, 0.5) is 5.69 Å². The Morgan fingerprint density at radius 2 is 1.85 bits per heavy atom. The van der Waals surface area contributed by atoms with E-state index in [1.165, 1.54) is 26.2 Å². The van der Waals surface area contributed by atoms with Gasteiger partial charge in [-0.2, -0.15) is 0 Å². The lowest BCUT2D eigenvalue weighted by atomic mass is 9.96. The van der Waals surface area contributed by atoms with Crippen molar-refractivity contribution in [3.63, 3.8) is 0 Å². The minimum Gasteiger partial charge on any atom is -0.495 e. The Hall–Kier alpha value is -2.38. The van der Waals surface area contributed by atoms with Crippen molar-refractivity contribution < 1.29 is 17.9 Å². The number of amides is 1. The molecule has 1 fully saturated rings. The van der Waals surface area contributed by atoms with Crippen LogP contribution >= 0.6 is 0 Å². The van der Waals surface area contributed by atoms with Crippen molar-refractivity contribution in [3.05, 3.63) is 54.1 Å². The molecule has 0 aliphatic heterocycles. The molecule has 0 aromatic heterocycles. The number of benzene rings is 2. The summed E-state index contributed by atoms with van der Waals surface area (Å²) in [5, 5.41) is 2.59.